The van der Waals surface area contributed by atoms with Crippen molar-refractivity contribution in [2.24, 2.45) is 0 Å². The second-order valence-electron chi connectivity index (χ2n) is 8.38. The van der Waals surface area contributed by atoms with Crippen molar-refractivity contribution in [2.75, 3.05) is 26.2 Å². The Bertz CT molecular complexity index is 1310. The molecule has 0 saturated carbocycles. The zero-order valence-corrected chi connectivity index (χ0v) is 19.9. The molecule has 2 aromatic carbocycles. The average Bonchev–Trinajstić information content (AvgIpc) is 3.30. The lowest BCUT2D eigenvalue weighted by Gasteiger charge is -2.17. The summed E-state index contributed by atoms with van der Waals surface area (Å²) < 4.78 is 3.56. The van der Waals surface area contributed by atoms with Crippen LogP contribution in [0.4, 0.5) is 0 Å². The van der Waals surface area contributed by atoms with Crippen LogP contribution in [-0.2, 0) is 17.8 Å². The number of nitrogens with zero attached hydrogens (tertiary/aromatic N) is 5. The van der Waals surface area contributed by atoms with Crippen molar-refractivity contribution in [1.82, 2.24) is 29.4 Å². The van der Waals surface area contributed by atoms with Gasteiger partial charge in [0.25, 0.3) is 5.56 Å². The summed E-state index contributed by atoms with van der Waals surface area (Å²) in [6.07, 6.45) is 1.69. The summed E-state index contributed by atoms with van der Waals surface area (Å²) in [5.41, 5.74) is 1.67. The standard InChI is InChI=1S/C26H32N6O2/c1-3-30(4-2)18-10-17-27-24(33)16-15-23-28-29-26-31(19-20-11-6-5-7-12-20)25(34)21-13-8-9-14-22(21)32(23)26/h5-9,11-14H,3-4,10,15-19H2,1-2H3,(H,27,33). The highest BCUT2D eigenvalue weighted by Crippen LogP contribution is 2.16. The maximum Gasteiger partial charge on any atom is 0.263 e. The Morgan fingerprint density at radius 3 is 2.50 bits per heavy atom. The summed E-state index contributed by atoms with van der Waals surface area (Å²) in [5.74, 6) is 1.16. The number of hydrogen-bond acceptors (Lipinski definition) is 5. The third kappa shape index (κ3) is 5.17. The Morgan fingerprint density at radius 2 is 1.74 bits per heavy atom. The van der Waals surface area contributed by atoms with Crippen LogP contribution in [0.1, 0.15) is 38.1 Å². The van der Waals surface area contributed by atoms with Gasteiger partial charge in [-0.2, -0.15) is 0 Å². The van der Waals surface area contributed by atoms with Crippen LogP contribution in [0, 0.1) is 0 Å². The fraction of sp³-hybridized carbons (Fsp3) is 0.385. The molecule has 2 aromatic heterocycles. The minimum absolute atomic E-state index is 0.00166. The predicted octanol–water partition coefficient (Wildman–Crippen LogP) is 2.87. The van der Waals surface area contributed by atoms with E-state index in [1.54, 1.807) is 4.57 Å². The third-order valence-corrected chi connectivity index (χ3v) is 6.20. The number of amides is 1. The van der Waals surface area contributed by atoms with E-state index in [0.29, 0.717) is 42.9 Å². The monoisotopic (exact) mass is 460 g/mol. The van der Waals surface area contributed by atoms with Crippen molar-refractivity contribution in [3.05, 3.63) is 76.3 Å². The van der Waals surface area contributed by atoms with Crippen LogP contribution in [0.15, 0.2) is 59.4 Å². The molecule has 0 aliphatic rings. The van der Waals surface area contributed by atoms with E-state index in [-0.39, 0.29) is 11.5 Å². The van der Waals surface area contributed by atoms with E-state index in [1.165, 1.54) is 0 Å². The first kappa shape index (κ1) is 23.6. The summed E-state index contributed by atoms with van der Waals surface area (Å²) in [7, 11) is 0. The summed E-state index contributed by atoms with van der Waals surface area (Å²) in [5, 5.41) is 12.3. The van der Waals surface area contributed by atoms with Gasteiger partial charge < -0.3 is 10.2 Å². The first-order valence-electron chi connectivity index (χ1n) is 12.0. The second-order valence-corrected chi connectivity index (χ2v) is 8.38. The molecule has 0 spiro atoms. The highest BCUT2D eigenvalue weighted by molar-refractivity contribution is 5.80. The number of carbonyl (C=O) groups excluding carboxylic acids is 1. The van der Waals surface area contributed by atoms with Crippen LogP contribution >= 0.6 is 0 Å². The van der Waals surface area contributed by atoms with E-state index < -0.39 is 0 Å². The topological polar surface area (TPSA) is 84.5 Å². The van der Waals surface area contributed by atoms with E-state index in [2.05, 4.69) is 34.3 Å². The van der Waals surface area contributed by atoms with Gasteiger partial charge in [0.15, 0.2) is 0 Å². The van der Waals surface area contributed by atoms with Gasteiger partial charge in [0.05, 0.1) is 17.4 Å². The van der Waals surface area contributed by atoms with Crippen molar-refractivity contribution in [1.29, 1.82) is 0 Å². The van der Waals surface area contributed by atoms with Crippen molar-refractivity contribution in [2.45, 2.75) is 39.7 Å². The van der Waals surface area contributed by atoms with Gasteiger partial charge in [-0.1, -0.05) is 56.3 Å². The summed E-state index contributed by atoms with van der Waals surface area (Å²) in [6, 6.07) is 17.3. The number of para-hydroxylation sites is 1. The maximum absolute atomic E-state index is 13.3. The number of fused-ring (bicyclic) bond motifs is 3. The fourth-order valence-corrected chi connectivity index (χ4v) is 4.27. The van der Waals surface area contributed by atoms with Crippen molar-refractivity contribution >= 4 is 22.6 Å². The van der Waals surface area contributed by atoms with E-state index >= 15 is 0 Å². The lowest BCUT2D eigenvalue weighted by Crippen LogP contribution is -2.30. The van der Waals surface area contributed by atoms with Crippen LogP contribution in [-0.4, -0.2) is 56.2 Å². The second kappa shape index (κ2) is 11.1. The van der Waals surface area contributed by atoms with Crippen molar-refractivity contribution < 1.29 is 4.79 Å². The molecule has 0 saturated heterocycles. The van der Waals surface area contributed by atoms with Crippen LogP contribution in [0.5, 0.6) is 0 Å². The van der Waals surface area contributed by atoms with Gasteiger partial charge in [-0.25, -0.2) is 0 Å². The highest BCUT2D eigenvalue weighted by atomic mass is 16.1. The molecular formula is C26H32N6O2. The molecule has 0 aliphatic heterocycles. The summed E-state index contributed by atoms with van der Waals surface area (Å²) in [4.78, 5) is 28.1. The number of aromatic nitrogens is 4. The molecule has 1 amide bonds. The van der Waals surface area contributed by atoms with Gasteiger partial charge in [0.1, 0.15) is 5.82 Å². The van der Waals surface area contributed by atoms with Gasteiger partial charge in [0.2, 0.25) is 11.7 Å². The first-order valence-corrected chi connectivity index (χ1v) is 12.0. The molecule has 8 nitrogen and oxygen atoms in total. The molecule has 0 aliphatic carbocycles. The molecule has 34 heavy (non-hydrogen) atoms. The van der Waals surface area contributed by atoms with E-state index in [4.69, 9.17) is 0 Å². The van der Waals surface area contributed by atoms with Gasteiger partial charge in [-0.05, 0) is 43.8 Å². The van der Waals surface area contributed by atoms with Gasteiger partial charge in [-0.15, -0.1) is 10.2 Å². The Balaban J connectivity index is 1.54. The van der Waals surface area contributed by atoms with Crippen LogP contribution in [0.3, 0.4) is 0 Å². The number of nitrogens with one attached hydrogen (secondary N) is 1. The van der Waals surface area contributed by atoms with E-state index in [0.717, 1.165) is 37.1 Å². The number of benzene rings is 2. The minimum atomic E-state index is -0.100. The van der Waals surface area contributed by atoms with E-state index in [9.17, 15) is 9.59 Å². The third-order valence-electron chi connectivity index (χ3n) is 6.20. The number of aryl methyl sites for hydroxylation is 1. The Kier molecular flexibility index (Phi) is 7.69. The molecule has 4 rings (SSSR count). The average molecular weight is 461 g/mol. The van der Waals surface area contributed by atoms with Crippen LogP contribution in [0.2, 0.25) is 0 Å². The Morgan fingerprint density at radius 1 is 1.00 bits per heavy atom. The molecule has 8 heteroatoms. The van der Waals surface area contributed by atoms with E-state index in [1.807, 2.05) is 59.0 Å². The minimum Gasteiger partial charge on any atom is -0.356 e. The van der Waals surface area contributed by atoms with Crippen LogP contribution in [0.25, 0.3) is 16.7 Å². The van der Waals surface area contributed by atoms with Crippen molar-refractivity contribution in [3.63, 3.8) is 0 Å². The zero-order valence-electron chi connectivity index (χ0n) is 19.9. The Hall–Kier alpha value is -3.52. The molecule has 0 unspecified atom stereocenters. The summed E-state index contributed by atoms with van der Waals surface area (Å²) >= 11 is 0. The van der Waals surface area contributed by atoms with Gasteiger partial charge in [0, 0.05) is 19.4 Å². The Labute approximate surface area is 199 Å². The molecule has 2 heterocycles. The molecule has 0 atom stereocenters. The highest BCUT2D eigenvalue weighted by Gasteiger charge is 2.17. The number of carbonyl (C=O) groups is 1. The normalized spacial score (nSPS) is 11.5. The fourth-order valence-electron chi connectivity index (χ4n) is 4.27. The van der Waals surface area contributed by atoms with Crippen LogP contribution < -0.4 is 10.9 Å². The molecule has 0 radical (unpaired) electrons. The smallest absolute Gasteiger partial charge is 0.263 e. The SMILES string of the molecule is CCN(CC)CCCNC(=O)CCc1nnc2n(Cc3ccccc3)c(=O)c3ccccc3n12. The molecule has 0 bridgehead atoms. The first-order chi connectivity index (χ1) is 16.6. The molecule has 1 N–H and O–H groups in total. The number of rotatable bonds is 11. The van der Waals surface area contributed by atoms with Gasteiger partial charge in [-0.3, -0.25) is 18.6 Å². The largest absolute Gasteiger partial charge is 0.356 e. The molecule has 4 aromatic rings. The number of hydrogen-bond donors (Lipinski definition) is 1. The molecule has 0 fully saturated rings. The molecular weight excluding hydrogens is 428 g/mol. The van der Waals surface area contributed by atoms with Gasteiger partial charge >= 0.3 is 0 Å². The quantitative estimate of drug-likeness (QED) is 0.348. The molecule has 178 valence electrons. The lowest BCUT2D eigenvalue weighted by atomic mass is 10.2. The lowest BCUT2D eigenvalue weighted by molar-refractivity contribution is -0.121. The predicted molar refractivity (Wildman–Crippen MR) is 134 cm³/mol. The zero-order chi connectivity index (χ0) is 23.9. The van der Waals surface area contributed by atoms with Crippen molar-refractivity contribution in [3.8, 4) is 0 Å². The summed E-state index contributed by atoms with van der Waals surface area (Å²) in [6.45, 7) is 8.38. The maximum atomic E-state index is 13.3.